The van der Waals surface area contributed by atoms with Gasteiger partial charge in [-0.3, -0.25) is 13.9 Å². The Morgan fingerprint density at radius 2 is 1.73 bits per heavy atom. The fourth-order valence-corrected chi connectivity index (χ4v) is 3.87. The lowest BCUT2D eigenvalue weighted by atomic mass is 10.1. The maximum atomic E-state index is 13.4. The van der Waals surface area contributed by atoms with Crippen molar-refractivity contribution in [2.45, 2.75) is 46.7 Å². The van der Waals surface area contributed by atoms with E-state index in [4.69, 9.17) is 0 Å². The molecule has 8 nitrogen and oxygen atoms in total. The van der Waals surface area contributed by atoms with Crippen molar-refractivity contribution < 1.29 is 0 Å². The number of benzene rings is 1. The highest BCUT2D eigenvalue weighted by atomic mass is 16.2. The molecule has 0 bridgehead atoms. The second-order valence-electron chi connectivity index (χ2n) is 7.61. The van der Waals surface area contributed by atoms with Gasteiger partial charge in [0.1, 0.15) is 0 Å². The highest BCUT2D eigenvalue weighted by Crippen LogP contribution is 2.18. The van der Waals surface area contributed by atoms with E-state index in [1.807, 2.05) is 61.7 Å². The summed E-state index contributed by atoms with van der Waals surface area (Å²) in [5.74, 6) is 0.561. The molecule has 156 valence electrons. The average molecular weight is 406 g/mol. The molecule has 0 unspecified atom stereocenters. The number of fused-ring (bicyclic) bond motifs is 1. The number of hydrogen-bond acceptors (Lipinski definition) is 4. The van der Waals surface area contributed by atoms with Crippen molar-refractivity contribution in [3.05, 3.63) is 74.2 Å². The van der Waals surface area contributed by atoms with Crippen molar-refractivity contribution in [1.29, 1.82) is 0 Å². The monoisotopic (exact) mass is 406 g/mol. The largest absolute Gasteiger partial charge is 0.332 e. The van der Waals surface area contributed by atoms with Crippen LogP contribution in [0.2, 0.25) is 0 Å². The van der Waals surface area contributed by atoms with Crippen LogP contribution in [-0.4, -0.2) is 28.5 Å². The van der Waals surface area contributed by atoms with Crippen LogP contribution in [0.3, 0.4) is 0 Å². The first kappa shape index (κ1) is 19.9. The quantitative estimate of drug-likeness (QED) is 0.492. The third-order valence-electron chi connectivity index (χ3n) is 5.33. The van der Waals surface area contributed by atoms with Gasteiger partial charge in [-0.05, 0) is 38.3 Å². The second kappa shape index (κ2) is 7.78. The second-order valence-corrected chi connectivity index (χ2v) is 7.61. The molecule has 0 radical (unpaired) electrons. The summed E-state index contributed by atoms with van der Waals surface area (Å²) < 4.78 is 6.40. The van der Waals surface area contributed by atoms with E-state index in [1.165, 1.54) is 9.13 Å². The Kier molecular flexibility index (Phi) is 5.15. The summed E-state index contributed by atoms with van der Waals surface area (Å²) in [6.07, 6.45) is 1.43. The van der Waals surface area contributed by atoms with E-state index in [-0.39, 0.29) is 11.2 Å². The topological polar surface area (TPSA) is 79.6 Å². The van der Waals surface area contributed by atoms with Crippen LogP contribution in [-0.2, 0) is 26.6 Å². The van der Waals surface area contributed by atoms with Gasteiger partial charge < -0.3 is 4.57 Å². The SMILES string of the molecule is CCCn1c(-n2nc(C)cc2C)nc2c1c(=O)n(CCc1ccccc1)c(=O)n2C. The third-order valence-corrected chi connectivity index (χ3v) is 5.33. The Morgan fingerprint density at radius 1 is 1.00 bits per heavy atom. The number of rotatable bonds is 6. The van der Waals surface area contributed by atoms with Gasteiger partial charge in [0.2, 0.25) is 5.95 Å². The first-order chi connectivity index (χ1) is 14.4. The molecule has 0 aliphatic carbocycles. The number of aryl methyl sites for hydroxylation is 5. The normalized spacial score (nSPS) is 11.5. The van der Waals surface area contributed by atoms with Gasteiger partial charge in [-0.25, -0.2) is 9.48 Å². The highest BCUT2D eigenvalue weighted by molar-refractivity contribution is 5.72. The highest BCUT2D eigenvalue weighted by Gasteiger charge is 2.22. The van der Waals surface area contributed by atoms with E-state index in [1.54, 1.807) is 11.7 Å². The molecule has 0 fully saturated rings. The summed E-state index contributed by atoms with van der Waals surface area (Å²) in [6, 6.07) is 11.8. The van der Waals surface area contributed by atoms with E-state index < -0.39 is 0 Å². The molecule has 0 atom stereocenters. The van der Waals surface area contributed by atoms with Gasteiger partial charge in [0.05, 0.1) is 5.69 Å². The summed E-state index contributed by atoms with van der Waals surface area (Å²) in [7, 11) is 1.66. The fourth-order valence-electron chi connectivity index (χ4n) is 3.87. The number of aromatic nitrogens is 6. The molecule has 0 aliphatic heterocycles. The van der Waals surface area contributed by atoms with E-state index >= 15 is 0 Å². The Bertz CT molecular complexity index is 1320. The summed E-state index contributed by atoms with van der Waals surface area (Å²) in [5.41, 5.74) is 3.04. The minimum Gasteiger partial charge on any atom is -0.302 e. The summed E-state index contributed by atoms with van der Waals surface area (Å²) >= 11 is 0. The van der Waals surface area contributed by atoms with Gasteiger partial charge >= 0.3 is 5.69 Å². The zero-order valence-electron chi connectivity index (χ0n) is 17.8. The van der Waals surface area contributed by atoms with Crippen LogP contribution < -0.4 is 11.2 Å². The molecule has 0 saturated carbocycles. The molecule has 0 aliphatic rings. The molecule has 0 N–H and O–H groups in total. The molecule has 0 spiro atoms. The molecular weight excluding hydrogens is 380 g/mol. The number of imidazole rings is 1. The van der Waals surface area contributed by atoms with Crippen molar-refractivity contribution in [3.8, 4) is 5.95 Å². The van der Waals surface area contributed by atoms with Crippen molar-refractivity contribution >= 4 is 11.2 Å². The molecule has 0 saturated heterocycles. The van der Waals surface area contributed by atoms with Crippen LogP contribution in [0.1, 0.15) is 30.3 Å². The van der Waals surface area contributed by atoms with Gasteiger partial charge in [0.25, 0.3) is 5.56 Å². The Balaban J connectivity index is 1.92. The third kappa shape index (κ3) is 3.28. The minimum absolute atomic E-state index is 0.308. The summed E-state index contributed by atoms with van der Waals surface area (Å²) in [6.45, 7) is 6.84. The molecular formula is C22H26N6O2. The van der Waals surface area contributed by atoms with Gasteiger partial charge in [-0.15, -0.1) is 0 Å². The Labute approximate surface area is 174 Å². The first-order valence-corrected chi connectivity index (χ1v) is 10.2. The lowest BCUT2D eigenvalue weighted by molar-refractivity contribution is 0.595. The van der Waals surface area contributed by atoms with Gasteiger partial charge in [-0.1, -0.05) is 37.3 Å². The molecule has 8 heteroatoms. The molecule has 1 aromatic carbocycles. The lowest BCUT2D eigenvalue weighted by Crippen LogP contribution is -2.40. The van der Waals surface area contributed by atoms with E-state index in [9.17, 15) is 9.59 Å². The van der Waals surface area contributed by atoms with Crippen LogP contribution >= 0.6 is 0 Å². The average Bonchev–Trinajstić information content (AvgIpc) is 3.27. The van der Waals surface area contributed by atoms with Crippen LogP contribution in [0.5, 0.6) is 0 Å². The molecule has 4 rings (SSSR count). The number of hydrogen-bond donors (Lipinski definition) is 0. The van der Waals surface area contributed by atoms with Gasteiger partial charge in [0, 0.05) is 25.8 Å². The van der Waals surface area contributed by atoms with Gasteiger partial charge in [0.15, 0.2) is 11.2 Å². The summed E-state index contributed by atoms with van der Waals surface area (Å²) in [4.78, 5) is 31.0. The summed E-state index contributed by atoms with van der Waals surface area (Å²) in [5, 5.41) is 4.54. The Hall–Kier alpha value is -3.42. The lowest BCUT2D eigenvalue weighted by Gasteiger charge is -2.11. The molecule has 3 heterocycles. The molecule has 3 aromatic heterocycles. The van der Waals surface area contributed by atoms with Crippen molar-refractivity contribution in [2.24, 2.45) is 7.05 Å². The maximum absolute atomic E-state index is 13.4. The van der Waals surface area contributed by atoms with Crippen LogP contribution in [0.25, 0.3) is 17.1 Å². The predicted octanol–water partition coefficient (Wildman–Crippen LogP) is 2.35. The zero-order chi connectivity index (χ0) is 21.4. The van der Waals surface area contributed by atoms with Crippen molar-refractivity contribution in [1.82, 2.24) is 28.5 Å². The smallest absolute Gasteiger partial charge is 0.302 e. The first-order valence-electron chi connectivity index (χ1n) is 10.2. The van der Waals surface area contributed by atoms with Crippen molar-refractivity contribution in [2.75, 3.05) is 0 Å². The van der Waals surface area contributed by atoms with Crippen molar-refractivity contribution in [3.63, 3.8) is 0 Å². The van der Waals surface area contributed by atoms with E-state index in [0.29, 0.717) is 36.6 Å². The molecule has 4 aromatic rings. The molecule has 30 heavy (non-hydrogen) atoms. The fraction of sp³-hybridized carbons (Fsp3) is 0.364. The standard InChI is InChI=1S/C22H26N6O2/c1-5-12-26-18-19(23-21(26)28-16(3)14-15(2)24-28)25(4)22(30)27(20(18)29)13-11-17-9-7-6-8-10-17/h6-10,14H,5,11-13H2,1-4H3. The van der Waals surface area contributed by atoms with Crippen LogP contribution in [0, 0.1) is 13.8 Å². The van der Waals surface area contributed by atoms with E-state index in [2.05, 4.69) is 10.1 Å². The Morgan fingerprint density at radius 3 is 2.37 bits per heavy atom. The van der Waals surface area contributed by atoms with Crippen LogP contribution in [0.4, 0.5) is 0 Å². The molecule has 0 amide bonds. The minimum atomic E-state index is -0.357. The van der Waals surface area contributed by atoms with E-state index in [0.717, 1.165) is 23.4 Å². The zero-order valence-corrected chi connectivity index (χ0v) is 17.8. The number of nitrogens with zero attached hydrogens (tertiary/aromatic N) is 6. The van der Waals surface area contributed by atoms with Gasteiger partial charge in [-0.2, -0.15) is 10.1 Å². The predicted molar refractivity (Wildman–Crippen MR) is 116 cm³/mol. The maximum Gasteiger partial charge on any atom is 0.332 e. The van der Waals surface area contributed by atoms with Crippen LogP contribution in [0.15, 0.2) is 46.0 Å².